The zero-order valence-corrected chi connectivity index (χ0v) is 14.0. The van der Waals surface area contributed by atoms with E-state index in [0.717, 1.165) is 17.7 Å². The minimum absolute atomic E-state index is 0.0199. The van der Waals surface area contributed by atoms with Crippen LogP contribution in [0.15, 0.2) is 48.5 Å². The standard InChI is InChI=1S/C20H22O4/c1-23-16-9-5-14(6-10-16)19(21)18-4-3-13-20(18,22)15-7-11-17(24-2)12-8-15/h5-12,18,22H,3-4,13H2,1-2H3/t18-,20+/m0/s1. The van der Waals surface area contributed by atoms with Crippen molar-refractivity contribution in [3.8, 4) is 11.5 Å². The van der Waals surface area contributed by atoms with Crippen LogP contribution in [-0.4, -0.2) is 25.1 Å². The molecular formula is C20H22O4. The Morgan fingerprint density at radius 2 is 1.54 bits per heavy atom. The Morgan fingerprint density at radius 1 is 1.00 bits per heavy atom. The Labute approximate surface area is 142 Å². The van der Waals surface area contributed by atoms with Crippen molar-refractivity contribution in [1.82, 2.24) is 0 Å². The molecule has 0 bridgehead atoms. The number of hydrogen-bond acceptors (Lipinski definition) is 4. The number of benzene rings is 2. The zero-order valence-electron chi connectivity index (χ0n) is 14.0. The molecule has 126 valence electrons. The second-order valence-corrected chi connectivity index (χ2v) is 6.19. The molecule has 0 aromatic heterocycles. The third kappa shape index (κ3) is 2.89. The number of carbonyl (C=O) groups excluding carboxylic acids is 1. The first-order chi connectivity index (χ1) is 11.6. The second kappa shape index (κ2) is 6.65. The molecule has 24 heavy (non-hydrogen) atoms. The van der Waals surface area contributed by atoms with Gasteiger partial charge in [0.05, 0.1) is 25.7 Å². The molecule has 0 unspecified atom stereocenters. The lowest BCUT2D eigenvalue weighted by molar-refractivity contribution is 0.00309. The summed E-state index contributed by atoms with van der Waals surface area (Å²) in [5, 5.41) is 11.2. The van der Waals surface area contributed by atoms with E-state index in [0.29, 0.717) is 24.2 Å². The quantitative estimate of drug-likeness (QED) is 0.853. The van der Waals surface area contributed by atoms with Crippen LogP contribution < -0.4 is 9.47 Å². The first-order valence-corrected chi connectivity index (χ1v) is 8.13. The molecule has 3 rings (SSSR count). The summed E-state index contributed by atoms with van der Waals surface area (Å²) in [6.45, 7) is 0. The third-order valence-electron chi connectivity index (χ3n) is 4.91. The molecule has 0 radical (unpaired) electrons. The van der Waals surface area contributed by atoms with E-state index < -0.39 is 11.5 Å². The van der Waals surface area contributed by atoms with Crippen LogP contribution in [0.4, 0.5) is 0 Å². The van der Waals surface area contributed by atoms with Crippen LogP contribution in [0.2, 0.25) is 0 Å². The second-order valence-electron chi connectivity index (χ2n) is 6.19. The van der Waals surface area contributed by atoms with E-state index in [1.54, 1.807) is 38.5 Å². The Morgan fingerprint density at radius 3 is 2.08 bits per heavy atom. The number of hydrogen-bond donors (Lipinski definition) is 1. The highest BCUT2D eigenvalue weighted by molar-refractivity contribution is 5.99. The molecule has 4 nitrogen and oxygen atoms in total. The van der Waals surface area contributed by atoms with Gasteiger partial charge in [0, 0.05) is 5.56 Å². The Kier molecular flexibility index (Phi) is 4.58. The van der Waals surface area contributed by atoms with Gasteiger partial charge < -0.3 is 14.6 Å². The Hall–Kier alpha value is -2.33. The maximum Gasteiger partial charge on any atom is 0.169 e. The largest absolute Gasteiger partial charge is 0.497 e. The topological polar surface area (TPSA) is 55.8 Å². The monoisotopic (exact) mass is 326 g/mol. The van der Waals surface area contributed by atoms with Crippen molar-refractivity contribution in [3.05, 3.63) is 59.7 Å². The molecule has 1 aliphatic carbocycles. The summed E-state index contributed by atoms with van der Waals surface area (Å²) < 4.78 is 10.3. The fraction of sp³-hybridized carbons (Fsp3) is 0.350. The summed E-state index contributed by atoms with van der Waals surface area (Å²) in [6, 6.07) is 14.4. The molecule has 0 spiro atoms. The van der Waals surface area contributed by atoms with Gasteiger partial charge in [-0.3, -0.25) is 4.79 Å². The fourth-order valence-electron chi connectivity index (χ4n) is 3.52. The number of Topliss-reactive ketones (excluding diaryl/α,β-unsaturated/α-hetero) is 1. The van der Waals surface area contributed by atoms with Crippen molar-refractivity contribution < 1.29 is 19.4 Å². The van der Waals surface area contributed by atoms with Gasteiger partial charge in [0.25, 0.3) is 0 Å². The van der Waals surface area contributed by atoms with Crippen molar-refractivity contribution in [2.75, 3.05) is 14.2 Å². The van der Waals surface area contributed by atoms with E-state index >= 15 is 0 Å². The van der Waals surface area contributed by atoms with Gasteiger partial charge in [0.15, 0.2) is 5.78 Å². The van der Waals surface area contributed by atoms with Crippen LogP contribution in [0.25, 0.3) is 0 Å². The molecule has 4 heteroatoms. The molecule has 1 N–H and O–H groups in total. The third-order valence-corrected chi connectivity index (χ3v) is 4.91. The first-order valence-electron chi connectivity index (χ1n) is 8.13. The molecule has 1 saturated carbocycles. The van der Waals surface area contributed by atoms with Gasteiger partial charge in [0.2, 0.25) is 0 Å². The molecule has 2 atom stereocenters. The summed E-state index contributed by atoms with van der Waals surface area (Å²) in [4.78, 5) is 12.9. The highest BCUT2D eigenvalue weighted by Crippen LogP contribution is 2.45. The van der Waals surface area contributed by atoms with Crippen LogP contribution in [0.1, 0.15) is 35.2 Å². The van der Waals surface area contributed by atoms with Crippen molar-refractivity contribution in [2.45, 2.75) is 24.9 Å². The van der Waals surface area contributed by atoms with Gasteiger partial charge in [-0.15, -0.1) is 0 Å². The molecule has 0 saturated heterocycles. The minimum Gasteiger partial charge on any atom is -0.497 e. The minimum atomic E-state index is -1.12. The Balaban J connectivity index is 1.88. The van der Waals surface area contributed by atoms with Gasteiger partial charge in [-0.2, -0.15) is 0 Å². The normalized spacial score (nSPS) is 23.0. The average molecular weight is 326 g/mol. The average Bonchev–Trinajstić information content (AvgIpc) is 3.04. The van der Waals surface area contributed by atoms with Crippen molar-refractivity contribution >= 4 is 5.78 Å². The number of ketones is 1. The lowest BCUT2D eigenvalue weighted by atomic mass is 9.79. The molecule has 2 aromatic carbocycles. The van der Waals surface area contributed by atoms with E-state index in [-0.39, 0.29) is 5.78 Å². The van der Waals surface area contributed by atoms with Crippen LogP contribution >= 0.6 is 0 Å². The van der Waals surface area contributed by atoms with Crippen LogP contribution in [0.5, 0.6) is 11.5 Å². The van der Waals surface area contributed by atoms with E-state index in [9.17, 15) is 9.90 Å². The molecule has 0 amide bonds. The van der Waals surface area contributed by atoms with Gasteiger partial charge >= 0.3 is 0 Å². The number of aliphatic hydroxyl groups is 1. The molecular weight excluding hydrogens is 304 g/mol. The summed E-state index contributed by atoms with van der Waals surface area (Å²) in [6.07, 6.45) is 2.11. The van der Waals surface area contributed by atoms with Gasteiger partial charge in [0.1, 0.15) is 11.5 Å². The van der Waals surface area contributed by atoms with Crippen LogP contribution in [-0.2, 0) is 5.60 Å². The van der Waals surface area contributed by atoms with E-state index in [1.165, 1.54) is 0 Å². The Bertz CT molecular complexity index is 705. The lowest BCUT2D eigenvalue weighted by Gasteiger charge is -2.30. The van der Waals surface area contributed by atoms with Gasteiger partial charge in [-0.25, -0.2) is 0 Å². The summed E-state index contributed by atoms with van der Waals surface area (Å²) in [5.74, 6) is 0.995. The number of ether oxygens (including phenoxy) is 2. The molecule has 0 heterocycles. The number of methoxy groups -OCH3 is 2. The molecule has 1 aliphatic rings. The zero-order chi connectivity index (χ0) is 17.2. The summed E-state index contributed by atoms with van der Waals surface area (Å²) >= 11 is 0. The first kappa shape index (κ1) is 16.5. The maximum atomic E-state index is 12.9. The smallest absolute Gasteiger partial charge is 0.169 e. The van der Waals surface area contributed by atoms with E-state index in [2.05, 4.69) is 0 Å². The summed E-state index contributed by atoms with van der Waals surface area (Å²) in [7, 11) is 3.20. The van der Waals surface area contributed by atoms with E-state index in [1.807, 2.05) is 24.3 Å². The maximum absolute atomic E-state index is 12.9. The molecule has 1 fully saturated rings. The molecule has 0 aliphatic heterocycles. The summed E-state index contributed by atoms with van der Waals surface area (Å²) in [5.41, 5.74) is 0.255. The SMILES string of the molecule is COc1ccc(C(=O)[C@@H]2CCC[C@@]2(O)c2ccc(OC)cc2)cc1. The molecule has 2 aromatic rings. The number of carbonyl (C=O) groups is 1. The lowest BCUT2D eigenvalue weighted by Crippen LogP contribution is -2.35. The van der Waals surface area contributed by atoms with Gasteiger partial charge in [-0.05, 0) is 61.2 Å². The van der Waals surface area contributed by atoms with Crippen molar-refractivity contribution in [2.24, 2.45) is 5.92 Å². The van der Waals surface area contributed by atoms with Gasteiger partial charge in [-0.1, -0.05) is 12.1 Å². The van der Waals surface area contributed by atoms with E-state index in [4.69, 9.17) is 9.47 Å². The van der Waals surface area contributed by atoms with Crippen LogP contribution in [0.3, 0.4) is 0 Å². The van der Waals surface area contributed by atoms with Crippen LogP contribution in [0, 0.1) is 5.92 Å². The fourth-order valence-corrected chi connectivity index (χ4v) is 3.52. The predicted molar refractivity (Wildman–Crippen MR) is 91.6 cm³/mol. The predicted octanol–water partition coefficient (Wildman–Crippen LogP) is 3.57. The van der Waals surface area contributed by atoms with Crippen molar-refractivity contribution in [1.29, 1.82) is 0 Å². The number of rotatable bonds is 5. The highest BCUT2D eigenvalue weighted by Gasteiger charge is 2.46. The van der Waals surface area contributed by atoms with Crippen molar-refractivity contribution in [3.63, 3.8) is 0 Å². The highest BCUT2D eigenvalue weighted by atomic mass is 16.5.